The second kappa shape index (κ2) is 3.30. The molecule has 0 atom stereocenters. The van der Waals surface area contributed by atoms with Crippen molar-refractivity contribution in [2.24, 2.45) is 7.05 Å². The Labute approximate surface area is 80.4 Å². The fraction of sp³-hybridized carbons (Fsp3) is 0.167. The van der Waals surface area contributed by atoms with Gasteiger partial charge in [0.15, 0.2) is 6.20 Å². The molecule has 0 radical (unpaired) electrons. The topological polar surface area (TPSA) is 3.88 Å². The van der Waals surface area contributed by atoms with Crippen molar-refractivity contribution >= 4 is 7.81 Å². The van der Waals surface area contributed by atoms with E-state index in [1.54, 1.807) is 25.4 Å². The van der Waals surface area contributed by atoms with Crippen molar-refractivity contribution in [2.75, 3.05) is 0 Å². The molecular formula is C6H7F7NP. The molecule has 0 spiro atoms. The first kappa shape index (κ1) is 14.1. The summed E-state index contributed by atoms with van der Waals surface area (Å²) in [5.41, 5.74) is 0. The molecule has 0 N–H and O–H groups in total. The molecule has 9 heteroatoms. The predicted molar refractivity (Wildman–Crippen MR) is 41.1 cm³/mol. The zero-order valence-corrected chi connectivity index (χ0v) is 8.24. The van der Waals surface area contributed by atoms with E-state index < -0.39 is 7.81 Å². The SMILES string of the molecule is C[n+]1ccccc1F.F[P-](F)(F)(F)(F)F. The van der Waals surface area contributed by atoms with Crippen molar-refractivity contribution in [3.63, 3.8) is 0 Å². The van der Waals surface area contributed by atoms with E-state index >= 15 is 0 Å². The third kappa shape index (κ3) is 15.8. The number of pyridine rings is 1. The molecule has 1 aromatic rings. The Hall–Kier alpha value is -0.910. The molecular weight excluding hydrogens is 250 g/mol. The molecule has 15 heavy (non-hydrogen) atoms. The molecule has 90 valence electrons. The van der Waals surface area contributed by atoms with Gasteiger partial charge in [-0.25, -0.2) is 0 Å². The summed E-state index contributed by atoms with van der Waals surface area (Å²) in [6.45, 7) is 0. The second-order valence-electron chi connectivity index (χ2n) is 2.59. The van der Waals surface area contributed by atoms with Gasteiger partial charge in [-0.05, 0) is 6.07 Å². The molecule has 0 aromatic carbocycles. The number of hydrogen-bond donors (Lipinski definition) is 0. The Morgan fingerprint density at radius 2 is 1.40 bits per heavy atom. The summed E-state index contributed by atoms with van der Waals surface area (Å²) < 4.78 is 72.9. The Morgan fingerprint density at radius 1 is 1.00 bits per heavy atom. The van der Waals surface area contributed by atoms with Gasteiger partial charge in [-0.2, -0.15) is 4.57 Å². The van der Waals surface area contributed by atoms with Gasteiger partial charge in [0.1, 0.15) is 7.05 Å². The fourth-order valence-electron chi connectivity index (χ4n) is 0.503. The third-order valence-corrected chi connectivity index (χ3v) is 0.991. The van der Waals surface area contributed by atoms with Crippen LogP contribution in [0.15, 0.2) is 24.4 Å². The van der Waals surface area contributed by atoms with Gasteiger partial charge < -0.3 is 0 Å². The first-order valence-corrected chi connectivity index (χ1v) is 5.45. The van der Waals surface area contributed by atoms with Crippen LogP contribution in [0.2, 0.25) is 0 Å². The van der Waals surface area contributed by atoms with Gasteiger partial charge in [0.05, 0.1) is 0 Å². The molecule has 1 aromatic heterocycles. The summed E-state index contributed by atoms with van der Waals surface area (Å²) in [4.78, 5) is 0. The minimum atomic E-state index is -10.7. The molecule has 0 aliphatic carbocycles. The summed E-state index contributed by atoms with van der Waals surface area (Å²) in [6.07, 6.45) is 1.66. The molecule has 0 fully saturated rings. The Morgan fingerprint density at radius 3 is 1.60 bits per heavy atom. The average Bonchev–Trinajstić information content (AvgIpc) is 1.88. The monoisotopic (exact) mass is 257 g/mol. The van der Waals surface area contributed by atoms with Gasteiger partial charge in [-0.15, -0.1) is 4.39 Å². The first-order valence-electron chi connectivity index (χ1n) is 3.42. The van der Waals surface area contributed by atoms with Crippen LogP contribution in [-0.4, -0.2) is 0 Å². The van der Waals surface area contributed by atoms with Gasteiger partial charge in [0, 0.05) is 12.1 Å². The number of halogens is 7. The van der Waals surface area contributed by atoms with E-state index in [0.29, 0.717) is 0 Å². The van der Waals surface area contributed by atoms with Crippen LogP contribution in [-0.2, 0) is 7.05 Å². The van der Waals surface area contributed by atoms with E-state index in [-0.39, 0.29) is 5.95 Å². The normalized spacial score (nSPS) is 15.7. The minimum absolute atomic E-state index is 0.215. The summed E-state index contributed by atoms with van der Waals surface area (Å²) >= 11 is 0. The van der Waals surface area contributed by atoms with Crippen LogP contribution in [0.5, 0.6) is 0 Å². The van der Waals surface area contributed by atoms with Gasteiger partial charge in [0.25, 0.3) is 0 Å². The number of hydrogen-bond acceptors (Lipinski definition) is 0. The molecule has 0 saturated heterocycles. The van der Waals surface area contributed by atoms with Crippen molar-refractivity contribution in [1.29, 1.82) is 0 Å². The van der Waals surface area contributed by atoms with Crippen LogP contribution in [0.25, 0.3) is 0 Å². The summed E-state index contributed by atoms with van der Waals surface area (Å²) in [7, 11) is -9.00. The number of nitrogens with zero attached hydrogens (tertiary/aromatic N) is 1. The molecule has 0 bridgehead atoms. The molecule has 1 nitrogen and oxygen atoms in total. The quantitative estimate of drug-likeness (QED) is 0.286. The van der Waals surface area contributed by atoms with E-state index in [0.717, 1.165) is 0 Å². The molecule has 1 heterocycles. The van der Waals surface area contributed by atoms with E-state index in [9.17, 15) is 29.6 Å². The maximum absolute atomic E-state index is 12.3. The van der Waals surface area contributed by atoms with Gasteiger partial charge in [0.2, 0.25) is 0 Å². The predicted octanol–water partition coefficient (Wildman–Crippen LogP) is 4.03. The second-order valence-corrected chi connectivity index (χ2v) is 4.51. The Balaban J connectivity index is 0.000000265. The van der Waals surface area contributed by atoms with Crippen LogP contribution in [0.4, 0.5) is 29.6 Å². The Kier molecular flexibility index (Phi) is 3.10. The van der Waals surface area contributed by atoms with E-state index in [1.807, 2.05) is 0 Å². The molecule has 1 rings (SSSR count). The van der Waals surface area contributed by atoms with Crippen molar-refractivity contribution in [3.05, 3.63) is 30.3 Å². The molecule has 0 aliphatic rings. The molecule has 0 saturated carbocycles. The van der Waals surface area contributed by atoms with Crippen LogP contribution in [0.1, 0.15) is 0 Å². The Bertz CT molecular complexity index is 310. The van der Waals surface area contributed by atoms with Gasteiger partial charge in [-0.3, -0.25) is 0 Å². The first-order chi connectivity index (χ1) is 6.25. The maximum atomic E-state index is 12.3. The molecule has 0 aliphatic heterocycles. The van der Waals surface area contributed by atoms with Crippen molar-refractivity contribution < 1.29 is 34.1 Å². The van der Waals surface area contributed by atoms with Gasteiger partial charge in [-0.1, -0.05) is 0 Å². The van der Waals surface area contributed by atoms with Crippen molar-refractivity contribution in [1.82, 2.24) is 0 Å². The fourth-order valence-corrected chi connectivity index (χ4v) is 0.503. The number of aryl methyl sites for hydroxylation is 1. The van der Waals surface area contributed by atoms with Crippen LogP contribution in [0.3, 0.4) is 0 Å². The molecule has 0 amide bonds. The molecule has 0 unspecified atom stereocenters. The van der Waals surface area contributed by atoms with Crippen LogP contribution >= 0.6 is 7.81 Å². The summed E-state index contributed by atoms with van der Waals surface area (Å²) in [5.74, 6) is -0.215. The van der Waals surface area contributed by atoms with E-state index in [4.69, 9.17) is 0 Å². The zero-order valence-electron chi connectivity index (χ0n) is 7.35. The van der Waals surface area contributed by atoms with Crippen molar-refractivity contribution in [2.45, 2.75) is 0 Å². The van der Waals surface area contributed by atoms with E-state index in [1.165, 1.54) is 10.6 Å². The van der Waals surface area contributed by atoms with Crippen LogP contribution < -0.4 is 4.57 Å². The average molecular weight is 257 g/mol. The van der Waals surface area contributed by atoms with Gasteiger partial charge >= 0.3 is 38.9 Å². The third-order valence-electron chi connectivity index (χ3n) is 0.991. The summed E-state index contributed by atoms with van der Waals surface area (Å²) in [6, 6.07) is 4.86. The van der Waals surface area contributed by atoms with Crippen LogP contribution in [0, 0.1) is 5.95 Å². The standard InChI is InChI=1S/C6H7FN.F6P/c1-8-5-3-2-4-6(8)7;1-7(2,3,4,5)6/h2-5H,1H3;/q+1;-1. The van der Waals surface area contributed by atoms with E-state index in [2.05, 4.69) is 0 Å². The van der Waals surface area contributed by atoms with Crippen molar-refractivity contribution in [3.8, 4) is 0 Å². The summed E-state index contributed by atoms with van der Waals surface area (Å²) in [5, 5.41) is 0. The number of rotatable bonds is 0. The number of aromatic nitrogens is 1. The zero-order chi connectivity index (χ0) is 12.4.